The van der Waals surface area contributed by atoms with Gasteiger partial charge in [-0.3, -0.25) is 14.9 Å². The average molecular weight is 171 g/mol. The molecule has 1 N–H and O–H groups in total. The second-order valence-electron chi connectivity index (χ2n) is 2.66. The van der Waals surface area contributed by atoms with Crippen molar-refractivity contribution in [1.82, 2.24) is 5.32 Å². The molecule has 0 radical (unpaired) electrons. The minimum absolute atomic E-state index is 0.0903. The highest BCUT2D eigenvalue weighted by atomic mass is 16.2. The van der Waals surface area contributed by atoms with E-state index < -0.39 is 0 Å². The van der Waals surface area contributed by atoms with Crippen LogP contribution in [0, 0.1) is 11.8 Å². The Balaban J connectivity index is 0.000000561. The van der Waals surface area contributed by atoms with Gasteiger partial charge in [-0.25, -0.2) is 0 Å². The molecule has 3 nitrogen and oxygen atoms in total. The van der Waals surface area contributed by atoms with Gasteiger partial charge in [0.15, 0.2) is 0 Å². The molecular weight excluding hydrogens is 154 g/mol. The van der Waals surface area contributed by atoms with Crippen LogP contribution in [0.25, 0.3) is 0 Å². The Kier molecular flexibility index (Phi) is 4.55. The molecule has 2 unspecified atom stereocenters. The van der Waals surface area contributed by atoms with E-state index in [9.17, 15) is 9.59 Å². The fraction of sp³-hybridized carbons (Fsp3) is 0.778. The van der Waals surface area contributed by atoms with E-state index in [0.717, 1.165) is 6.42 Å². The summed E-state index contributed by atoms with van der Waals surface area (Å²) in [6.45, 7) is 7.70. The lowest BCUT2D eigenvalue weighted by atomic mass is 9.95. The number of rotatable bonds is 1. The SMILES string of the molecule is CC.CCC1C(=O)NC(=O)C1C. The smallest absolute Gasteiger partial charge is 0.230 e. The summed E-state index contributed by atoms with van der Waals surface area (Å²) in [4.78, 5) is 21.7. The second kappa shape index (κ2) is 4.91. The van der Waals surface area contributed by atoms with Gasteiger partial charge in [0, 0.05) is 11.8 Å². The molecule has 0 saturated carbocycles. The van der Waals surface area contributed by atoms with E-state index in [1.54, 1.807) is 6.92 Å². The fourth-order valence-corrected chi connectivity index (χ4v) is 1.28. The van der Waals surface area contributed by atoms with Crippen LogP contribution in [0.15, 0.2) is 0 Å². The summed E-state index contributed by atoms with van der Waals surface area (Å²) in [6.07, 6.45) is 0.749. The molecule has 2 atom stereocenters. The molecule has 2 amide bonds. The van der Waals surface area contributed by atoms with Crippen LogP contribution in [0.4, 0.5) is 0 Å². The van der Waals surface area contributed by atoms with Crippen molar-refractivity contribution in [3.8, 4) is 0 Å². The Morgan fingerprint density at radius 2 is 1.75 bits per heavy atom. The Labute approximate surface area is 73.5 Å². The molecule has 1 aliphatic rings. The summed E-state index contributed by atoms with van der Waals surface area (Å²) in [7, 11) is 0. The van der Waals surface area contributed by atoms with E-state index in [0.29, 0.717) is 0 Å². The van der Waals surface area contributed by atoms with Gasteiger partial charge < -0.3 is 0 Å². The summed E-state index contributed by atoms with van der Waals surface area (Å²) < 4.78 is 0. The molecular formula is C9H17NO2. The zero-order chi connectivity index (χ0) is 9.72. The van der Waals surface area contributed by atoms with E-state index in [4.69, 9.17) is 0 Å². The quantitative estimate of drug-likeness (QED) is 0.605. The molecule has 0 spiro atoms. The van der Waals surface area contributed by atoms with Crippen LogP contribution in [0.3, 0.4) is 0 Å². The first-order valence-corrected chi connectivity index (χ1v) is 4.51. The van der Waals surface area contributed by atoms with Crippen molar-refractivity contribution in [1.29, 1.82) is 0 Å². The van der Waals surface area contributed by atoms with E-state index >= 15 is 0 Å². The van der Waals surface area contributed by atoms with E-state index in [1.807, 2.05) is 20.8 Å². The van der Waals surface area contributed by atoms with Crippen LogP contribution < -0.4 is 5.32 Å². The van der Waals surface area contributed by atoms with Crippen molar-refractivity contribution in [2.24, 2.45) is 11.8 Å². The predicted molar refractivity (Wildman–Crippen MR) is 47.4 cm³/mol. The van der Waals surface area contributed by atoms with Gasteiger partial charge in [0.25, 0.3) is 0 Å². The van der Waals surface area contributed by atoms with Crippen LogP contribution in [-0.4, -0.2) is 11.8 Å². The highest BCUT2D eigenvalue weighted by molar-refractivity contribution is 6.04. The molecule has 0 aromatic heterocycles. The fourth-order valence-electron chi connectivity index (χ4n) is 1.28. The first-order chi connectivity index (χ1) is 5.66. The molecule has 0 aliphatic carbocycles. The van der Waals surface area contributed by atoms with Gasteiger partial charge in [0.2, 0.25) is 11.8 Å². The first-order valence-electron chi connectivity index (χ1n) is 4.51. The molecule has 1 heterocycles. The second-order valence-corrected chi connectivity index (χ2v) is 2.66. The third-order valence-corrected chi connectivity index (χ3v) is 2.04. The normalized spacial score (nSPS) is 27.7. The molecule has 1 fully saturated rings. The van der Waals surface area contributed by atoms with Crippen LogP contribution >= 0.6 is 0 Å². The van der Waals surface area contributed by atoms with Crippen molar-refractivity contribution >= 4 is 11.8 Å². The minimum atomic E-state index is -0.128. The molecule has 0 aromatic carbocycles. The van der Waals surface area contributed by atoms with Crippen molar-refractivity contribution in [2.75, 3.05) is 0 Å². The topological polar surface area (TPSA) is 46.2 Å². The molecule has 0 bridgehead atoms. The monoisotopic (exact) mass is 171 g/mol. The minimum Gasteiger partial charge on any atom is -0.296 e. The third kappa shape index (κ3) is 2.06. The number of carbonyl (C=O) groups excluding carboxylic acids is 2. The highest BCUT2D eigenvalue weighted by Gasteiger charge is 2.36. The van der Waals surface area contributed by atoms with Gasteiger partial charge in [-0.2, -0.15) is 0 Å². The highest BCUT2D eigenvalue weighted by Crippen LogP contribution is 2.20. The lowest BCUT2D eigenvalue weighted by Gasteiger charge is -2.04. The lowest BCUT2D eigenvalue weighted by Crippen LogP contribution is -2.21. The maximum atomic E-state index is 10.9. The molecule has 70 valence electrons. The van der Waals surface area contributed by atoms with Gasteiger partial charge in [-0.15, -0.1) is 0 Å². The van der Waals surface area contributed by atoms with Crippen LogP contribution in [0.1, 0.15) is 34.1 Å². The Morgan fingerprint density at radius 3 is 1.92 bits per heavy atom. The molecule has 1 saturated heterocycles. The van der Waals surface area contributed by atoms with Gasteiger partial charge >= 0.3 is 0 Å². The largest absolute Gasteiger partial charge is 0.296 e. The molecule has 0 aromatic rings. The molecule has 1 aliphatic heterocycles. The van der Waals surface area contributed by atoms with Crippen LogP contribution in [0.2, 0.25) is 0 Å². The maximum Gasteiger partial charge on any atom is 0.230 e. The molecule has 3 heteroatoms. The standard InChI is InChI=1S/C7H11NO2.C2H6/c1-3-5-4(2)6(9)8-7(5)10;1-2/h4-5H,3H2,1-2H3,(H,8,9,10);1-2H3. The van der Waals surface area contributed by atoms with Crippen molar-refractivity contribution in [2.45, 2.75) is 34.1 Å². The van der Waals surface area contributed by atoms with Gasteiger partial charge in [0.05, 0.1) is 0 Å². The number of carbonyl (C=O) groups is 2. The predicted octanol–water partition coefficient (Wildman–Crippen LogP) is 1.33. The Morgan fingerprint density at radius 1 is 1.25 bits per heavy atom. The van der Waals surface area contributed by atoms with Crippen LogP contribution in [-0.2, 0) is 9.59 Å². The van der Waals surface area contributed by atoms with Gasteiger partial charge in [0.1, 0.15) is 0 Å². The van der Waals surface area contributed by atoms with Crippen molar-refractivity contribution in [3.63, 3.8) is 0 Å². The first kappa shape index (κ1) is 11.1. The number of nitrogens with one attached hydrogen (secondary N) is 1. The molecule has 1 rings (SSSR count). The summed E-state index contributed by atoms with van der Waals surface area (Å²) in [5, 5.41) is 2.29. The Hall–Kier alpha value is -0.860. The number of amides is 2. The summed E-state index contributed by atoms with van der Waals surface area (Å²) in [5.74, 6) is -0.457. The van der Waals surface area contributed by atoms with E-state index in [1.165, 1.54) is 0 Å². The van der Waals surface area contributed by atoms with Gasteiger partial charge in [-0.05, 0) is 6.42 Å². The lowest BCUT2D eigenvalue weighted by molar-refractivity contribution is -0.126. The van der Waals surface area contributed by atoms with E-state index in [-0.39, 0.29) is 23.7 Å². The van der Waals surface area contributed by atoms with Crippen molar-refractivity contribution < 1.29 is 9.59 Å². The average Bonchev–Trinajstić information content (AvgIpc) is 2.31. The van der Waals surface area contributed by atoms with E-state index in [2.05, 4.69) is 5.32 Å². The van der Waals surface area contributed by atoms with Crippen molar-refractivity contribution in [3.05, 3.63) is 0 Å². The summed E-state index contributed by atoms with van der Waals surface area (Å²) in [6, 6.07) is 0. The maximum absolute atomic E-state index is 10.9. The zero-order valence-electron chi connectivity index (χ0n) is 8.18. The summed E-state index contributed by atoms with van der Waals surface area (Å²) >= 11 is 0. The summed E-state index contributed by atoms with van der Waals surface area (Å²) in [5.41, 5.74) is 0. The van der Waals surface area contributed by atoms with Crippen LogP contribution in [0.5, 0.6) is 0 Å². The zero-order valence-corrected chi connectivity index (χ0v) is 8.18. The molecule has 12 heavy (non-hydrogen) atoms. The number of hydrogen-bond acceptors (Lipinski definition) is 2. The van der Waals surface area contributed by atoms with Gasteiger partial charge in [-0.1, -0.05) is 27.7 Å². The number of hydrogen-bond donors (Lipinski definition) is 1. The number of imide groups is 1. The third-order valence-electron chi connectivity index (χ3n) is 2.04. The Bertz CT molecular complexity index is 177.